The van der Waals surface area contributed by atoms with Gasteiger partial charge in [0, 0.05) is 12.6 Å². The molecule has 4 nitrogen and oxygen atoms in total. The molecule has 0 radical (unpaired) electrons. The van der Waals surface area contributed by atoms with Crippen LogP contribution in [0.1, 0.15) is 46.0 Å². The number of halogens is 1. The molecule has 18 heavy (non-hydrogen) atoms. The molecule has 0 aromatic carbocycles. The SMILES string of the molecule is CC(C)(CCCP(=O)(O)O)C1CCC(Br)C(=O)C1. The fourth-order valence-corrected chi connectivity index (χ4v) is 3.61. The van der Waals surface area contributed by atoms with Crippen LogP contribution in [0.3, 0.4) is 0 Å². The maximum atomic E-state index is 11.7. The van der Waals surface area contributed by atoms with Gasteiger partial charge in [-0.1, -0.05) is 29.8 Å². The molecule has 0 spiro atoms. The highest BCUT2D eigenvalue weighted by Crippen LogP contribution is 2.43. The molecule has 1 fully saturated rings. The summed E-state index contributed by atoms with van der Waals surface area (Å²) in [5.41, 5.74) is -0.0298. The van der Waals surface area contributed by atoms with Gasteiger partial charge in [-0.25, -0.2) is 0 Å². The Morgan fingerprint density at radius 3 is 2.50 bits per heavy atom. The minimum absolute atomic E-state index is 0.000323. The highest BCUT2D eigenvalue weighted by atomic mass is 79.9. The molecule has 0 heterocycles. The molecule has 106 valence electrons. The van der Waals surface area contributed by atoms with Crippen LogP contribution >= 0.6 is 23.5 Å². The third-order valence-electron chi connectivity index (χ3n) is 3.94. The Kier molecular flexibility index (Phi) is 5.60. The monoisotopic (exact) mass is 340 g/mol. The molecular formula is C12H22BrO4P. The van der Waals surface area contributed by atoms with E-state index in [-0.39, 0.29) is 22.2 Å². The van der Waals surface area contributed by atoms with Crippen molar-refractivity contribution in [3.63, 3.8) is 0 Å². The van der Waals surface area contributed by atoms with E-state index in [9.17, 15) is 9.36 Å². The first-order valence-electron chi connectivity index (χ1n) is 6.33. The predicted molar refractivity (Wildman–Crippen MR) is 75.0 cm³/mol. The summed E-state index contributed by atoms with van der Waals surface area (Å²) < 4.78 is 10.8. The zero-order valence-corrected chi connectivity index (χ0v) is 13.4. The lowest BCUT2D eigenvalue weighted by Gasteiger charge is -2.37. The number of carbonyl (C=O) groups excluding carboxylic acids is 1. The van der Waals surface area contributed by atoms with Gasteiger partial charge in [-0.05, 0) is 37.0 Å². The molecule has 2 atom stereocenters. The summed E-state index contributed by atoms with van der Waals surface area (Å²) in [6.07, 6.45) is 3.66. The maximum absolute atomic E-state index is 11.7. The Bertz CT molecular complexity index is 350. The third-order valence-corrected chi connectivity index (χ3v) is 5.81. The van der Waals surface area contributed by atoms with Crippen LogP contribution < -0.4 is 0 Å². The van der Waals surface area contributed by atoms with Gasteiger partial charge in [0.25, 0.3) is 0 Å². The fraction of sp³-hybridized carbons (Fsp3) is 0.917. The highest BCUT2D eigenvalue weighted by Gasteiger charge is 2.36. The lowest BCUT2D eigenvalue weighted by atomic mass is 9.68. The van der Waals surface area contributed by atoms with Crippen molar-refractivity contribution in [2.45, 2.75) is 50.8 Å². The zero-order valence-electron chi connectivity index (χ0n) is 10.9. The lowest BCUT2D eigenvalue weighted by molar-refractivity contribution is -0.122. The largest absolute Gasteiger partial charge is 0.325 e. The van der Waals surface area contributed by atoms with Gasteiger partial charge in [-0.15, -0.1) is 0 Å². The van der Waals surface area contributed by atoms with E-state index in [4.69, 9.17) is 9.79 Å². The number of Topliss-reactive ketones (excluding diaryl/α,β-unsaturated/α-hetero) is 1. The molecule has 0 aromatic heterocycles. The average molecular weight is 341 g/mol. The Morgan fingerprint density at radius 1 is 1.39 bits per heavy atom. The smallest absolute Gasteiger partial charge is 0.324 e. The van der Waals surface area contributed by atoms with Crippen LogP contribution in [-0.4, -0.2) is 26.6 Å². The molecule has 0 bridgehead atoms. The molecule has 0 amide bonds. The zero-order chi connectivity index (χ0) is 14.0. The minimum Gasteiger partial charge on any atom is -0.324 e. The average Bonchev–Trinajstić information content (AvgIpc) is 2.19. The molecule has 1 rings (SSSR count). The Hall–Kier alpha value is 0.300. The van der Waals surface area contributed by atoms with E-state index in [0.717, 1.165) is 19.3 Å². The van der Waals surface area contributed by atoms with Gasteiger partial charge in [0.1, 0.15) is 5.78 Å². The first-order chi connectivity index (χ1) is 8.12. The molecule has 2 unspecified atom stereocenters. The summed E-state index contributed by atoms with van der Waals surface area (Å²) in [5.74, 6) is 0.588. The molecule has 2 N–H and O–H groups in total. The standard InChI is InChI=1S/C12H22BrO4P/c1-12(2,6-3-7-18(15,16)17)9-4-5-10(13)11(14)8-9/h9-10H,3-8H2,1-2H3,(H2,15,16,17). The van der Waals surface area contributed by atoms with E-state index < -0.39 is 7.60 Å². The third kappa shape index (κ3) is 5.12. The number of ketones is 1. The molecule has 1 aliphatic carbocycles. The molecule has 0 saturated heterocycles. The van der Waals surface area contributed by atoms with Crippen molar-refractivity contribution < 1.29 is 19.1 Å². The van der Waals surface area contributed by atoms with Gasteiger partial charge in [0.05, 0.1) is 4.83 Å². The maximum Gasteiger partial charge on any atom is 0.325 e. The normalized spacial score (nSPS) is 26.4. The number of rotatable bonds is 5. The number of hydrogen-bond acceptors (Lipinski definition) is 2. The topological polar surface area (TPSA) is 74.6 Å². The van der Waals surface area contributed by atoms with Crippen molar-refractivity contribution in [1.82, 2.24) is 0 Å². The first kappa shape index (κ1) is 16.4. The highest BCUT2D eigenvalue weighted by molar-refractivity contribution is 9.10. The van der Waals surface area contributed by atoms with E-state index in [2.05, 4.69) is 29.8 Å². The van der Waals surface area contributed by atoms with Crippen molar-refractivity contribution in [3.8, 4) is 0 Å². The second-order valence-electron chi connectivity index (χ2n) is 5.89. The van der Waals surface area contributed by atoms with Crippen LogP contribution in [0.2, 0.25) is 0 Å². The second-order valence-corrected chi connectivity index (χ2v) is 8.77. The van der Waals surface area contributed by atoms with Gasteiger partial charge >= 0.3 is 7.60 Å². The van der Waals surface area contributed by atoms with Gasteiger partial charge in [-0.2, -0.15) is 0 Å². The summed E-state index contributed by atoms with van der Waals surface area (Å²) in [4.78, 5) is 29.4. The van der Waals surface area contributed by atoms with Crippen LogP contribution in [0, 0.1) is 11.3 Å². The predicted octanol–water partition coefficient (Wildman–Crippen LogP) is 3.10. The van der Waals surface area contributed by atoms with Crippen molar-refractivity contribution in [1.29, 1.82) is 0 Å². The summed E-state index contributed by atoms with van der Waals surface area (Å²) in [7, 11) is -3.89. The van der Waals surface area contributed by atoms with Crippen molar-refractivity contribution in [2.24, 2.45) is 11.3 Å². The molecule has 0 aliphatic heterocycles. The Morgan fingerprint density at radius 2 is 2.00 bits per heavy atom. The molecule has 1 aliphatic rings. The van der Waals surface area contributed by atoms with Crippen molar-refractivity contribution in [2.75, 3.05) is 6.16 Å². The molecule has 1 saturated carbocycles. The van der Waals surface area contributed by atoms with Crippen LogP contribution in [0.5, 0.6) is 0 Å². The summed E-state index contributed by atoms with van der Waals surface area (Å²) in [6.45, 7) is 4.19. The fourth-order valence-electron chi connectivity index (χ4n) is 2.59. The lowest BCUT2D eigenvalue weighted by Crippen LogP contribution is -2.34. The van der Waals surface area contributed by atoms with Gasteiger partial charge in [-0.3, -0.25) is 9.36 Å². The van der Waals surface area contributed by atoms with Crippen molar-refractivity contribution in [3.05, 3.63) is 0 Å². The Balaban J connectivity index is 2.48. The van der Waals surface area contributed by atoms with Crippen LogP contribution in [0.4, 0.5) is 0 Å². The molecule has 6 heteroatoms. The van der Waals surface area contributed by atoms with E-state index in [1.54, 1.807) is 0 Å². The number of alkyl halides is 1. The minimum atomic E-state index is -3.89. The summed E-state index contributed by atoms with van der Waals surface area (Å²) >= 11 is 3.37. The number of hydrogen-bond donors (Lipinski definition) is 2. The van der Waals surface area contributed by atoms with Crippen LogP contribution in [0.25, 0.3) is 0 Å². The van der Waals surface area contributed by atoms with Gasteiger partial charge in [0.2, 0.25) is 0 Å². The van der Waals surface area contributed by atoms with Crippen LogP contribution in [-0.2, 0) is 9.36 Å². The van der Waals surface area contributed by atoms with E-state index in [1.807, 2.05) is 0 Å². The van der Waals surface area contributed by atoms with Gasteiger partial charge in [0.15, 0.2) is 0 Å². The van der Waals surface area contributed by atoms with Crippen LogP contribution in [0.15, 0.2) is 0 Å². The van der Waals surface area contributed by atoms with E-state index in [1.165, 1.54) is 0 Å². The summed E-state index contributed by atoms with van der Waals surface area (Å²) in [5, 5.41) is 0. The van der Waals surface area contributed by atoms with Crippen molar-refractivity contribution >= 4 is 29.3 Å². The quantitative estimate of drug-likeness (QED) is 0.595. The summed E-state index contributed by atoms with van der Waals surface area (Å²) in [6, 6.07) is 0. The number of carbonyl (C=O) groups is 1. The van der Waals surface area contributed by atoms with E-state index >= 15 is 0 Å². The molecule has 0 aromatic rings. The Labute approximate surface area is 117 Å². The molecular weight excluding hydrogens is 319 g/mol. The first-order valence-corrected chi connectivity index (χ1v) is 9.04. The van der Waals surface area contributed by atoms with Gasteiger partial charge < -0.3 is 9.79 Å². The van der Waals surface area contributed by atoms with E-state index in [0.29, 0.717) is 18.8 Å². The second kappa shape index (κ2) is 6.17.